The predicted molar refractivity (Wildman–Crippen MR) is 122 cm³/mol. The largest absolute Gasteiger partial charge is 0.470 e. The van der Waals surface area contributed by atoms with Crippen LogP contribution < -0.4 is 4.74 Å². The van der Waals surface area contributed by atoms with Crippen molar-refractivity contribution in [3.05, 3.63) is 81.6 Å². The van der Waals surface area contributed by atoms with Crippen molar-refractivity contribution in [1.29, 1.82) is 0 Å². The number of carbonyl (C=O) groups excluding carboxylic acids is 1. The summed E-state index contributed by atoms with van der Waals surface area (Å²) in [7, 11) is 0. The third-order valence-electron chi connectivity index (χ3n) is 5.43. The van der Waals surface area contributed by atoms with E-state index >= 15 is 0 Å². The molecule has 0 radical (unpaired) electrons. The van der Waals surface area contributed by atoms with Crippen molar-refractivity contribution in [3.8, 4) is 5.75 Å². The van der Waals surface area contributed by atoms with Gasteiger partial charge >= 0.3 is 6.18 Å². The number of aromatic nitrogens is 2. The van der Waals surface area contributed by atoms with Crippen molar-refractivity contribution in [2.24, 2.45) is 0 Å². The third kappa shape index (κ3) is 6.02. The molecule has 11 heteroatoms. The molecule has 34 heavy (non-hydrogen) atoms. The summed E-state index contributed by atoms with van der Waals surface area (Å²) < 4.78 is 45.9. The molecule has 0 saturated carbocycles. The zero-order chi connectivity index (χ0) is 24.3. The van der Waals surface area contributed by atoms with Crippen molar-refractivity contribution >= 4 is 29.1 Å². The molecule has 1 amide bonds. The van der Waals surface area contributed by atoms with Gasteiger partial charge in [-0.3, -0.25) is 9.69 Å². The van der Waals surface area contributed by atoms with Crippen LogP contribution in [0.2, 0.25) is 10.0 Å². The second-order valence-corrected chi connectivity index (χ2v) is 8.70. The van der Waals surface area contributed by atoms with Gasteiger partial charge in [0.2, 0.25) is 0 Å². The average Bonchev–Trinajstić information content (AvgIpc) is 3.27. The van der Waals surface area contributed by atoms with E-state index in [1.165, 1.54) is 16.8 Å². The lowest BCUT2D eigenvalue weighted by Crippen LogP contribution is -2.48. The minimum absolute atomic E-state index is 0.0688. The smallest absolute Gasteiger partial charge is 0.416 e. The van der Waals surface area contributed by atoms with Gasteiger partial charge < -0.3 is 9.64 Å². The first-order valence-corrected chi connectivity index (χ1v) is 11.2. The highest BCUT2D eigenvalue weighted by Crippen LogP contribution is 2.30. The van der Waals surface area contributed by atoms with Gasteiger partial charge in [0.25, 0.3) is 5.91 Å². The van der Waals surface area contributed by atoms with Crippen LogP contribution >= 0.6 is 23.2 Å². The predicted octanol–water partition coefficient (Wildman–Crippen LogP) is 5.20. The van der Waals surface area contributed by atoms with Crippen LogP contribution in [-0.2, 0) is 19.5 Å². The van der Waals surface area contributed by atoms with Crippen LogP contribution in [-0.4, -0.2) is 51.7 Å². The first-order valence-electron chi connectivity index (χ1n) is 10.5. The number of nitrogens with zero attached hydrogens (tertiary/aromatic N) is 4. The standard InChI is InChI=1S/C23H21Cl2F3N4O2/c24-18-4-5-21(19(25)13-18)34-15-32-7-6-20(29-32)22(33)31-10-8-30(9-11-31)14-16-2-1-3-17(12-16)23(26,27)28/h1-7,12-13H,8-11,14-15H2. The maximum atomic E-state index is 12.9. The molecule has 2 aromatic carbocycles. The lowest BCUT2D eigenvalue weighted by atomic mass is 10.1. The highest BCUT2D eigenvalue weighted by molar-refractivity contribution is 6.35. The molecule has 2 heterocycles. The van der Waals surface area contributed by atoms with Crippen molar-refractivity contribution in [3.63, 3.8) is 0 Å². The van der Waals surface area contributed by atoms with Crippen molar-refractivity contribution in [1.82, 2.24) is 19.6 Å². The highest BCUT2D eigenvalue weighted by atomic mass is 35.5. The zero-order valence-electron chi connectivity index (χ0n) is 17.9. The molecule has 0 bridgehead atoms. The number of alkyl halides is 3. The van der Waals surface area contributed by atoms with Gasteiger partial charge in [0.15, 0.2) is 12.4 Å². The summed E-state index contributed by atoms with van der Waals surface area (Å²) >= 11 is 12.0. The van der Waals surface area contributed by atoms with Crippen LogP contribution in [0.5, 0.6) is 5.75 Å². The summed E-state index contributed by atoms with van der Waals surface area (Å²) in [5.74, 6) is 0.244. The Labute approximate surface area is 204 Å². The Morgan fingerprint density at radius 2 is 1.79 bits per heavy atom. The Hall–Kier alpha value is -2.75. The minimum Gasteiger partial charge on any atom is -0.470 e. The first kappa shape index (κ1) is 24.4. The van der Waals surface area contributed by atoms with Crippen molar-refractivity contribution in [2.45, 2.75) is 19.5 Å². The lowest BCUT2D eigenvalue weighted by molar-refractivity contribution is -0.137. The fraction of sp³-hybridized carbons (Fsp3) is 0.304. The summed E-state index contributed by atoms with van der Waals surface area (Å²) in [6, 6.07) is 11.8. The Balaban J connectivity index is 1.29. The molecule has 1 fully saturated rings. The molecule has 1 aliphatic heterocycles. The van der Waals surface area contributed by atoms with Gasteiger partial charge in [-0.05, 0) is 35.9 Å². The molecule has 0 aliphatic carbocycles. The van der Waals surface area contributed by atoms with Crippen LogP contribution in [0.1, 0.15) is 21.6 Å². The molecule has 4 rings (SSSR count). The number of benzene rings is 2. The average molecular weight is 513 g/mol. The van der Waals surface area contributed by atoms with Gasteiger partial charge in [-0.1, -0.05) is 41.4 Å². The van der Waals surface area contributed by atoms with Gasteiger partial charge in [0, 0.05) is 43.9 Å². The number of ether oxygens (including phenoxy) is 1. The van der Waals surface area contributed by atoms with Crippen LogP contribution in [0.15, 0.2) is 54.7 Å². The van der Waals surface area contributed by atoms with E-state index in [1.54, 1.807) is 41.4 Å². The van der Waals surface area contributed by atoms with Crippen LogP contribution in [0, 0.1) is 0 Å². The van der Waals surface area contributed by atoms with E-state index in [2.05, 4.69) is 5.10 Å². The van der Waals surface area contributed by atoms with Gasteiger partial charge in [-0.25, -0.2) is 4.68 Å². The van der Waals surface area contributed by atoms with E-state index in [0.717, 1.165) is 6.07 Å². The Morgan fingerprint density at radius 1 is 1.03 bits per heavy atom. The van der Waals surface area contributed by atoms with Crippen LogP contribution in [0.3, 0.4) is 0 Å². The summed E-state index contributed by atoms with van der Waals surface area (Å²) in [5, 5.41) is 5.15. The molecule has 0 atom stereocenters. The summed E-state index contributed by atoms with van der Waals surface area (Å²) in [6.45, 7) is 2.50. The van der Waals surface area contributed by atoms with Gasteiger partial charge in [0.1, 0.15) is 5.75 Å². The number of hydrogen-bond acceptors (Lipinski definition) is 4. The monoisotopic (exact) mass is 512 g/mol. The number of piperazine rings is 1. The molecule has 0 N–H and O–H groups in total. The normalized spacial score (nSPS) is 14.9. The molecular weight excluding hydrogens is 492 g/mol. The van der Waals surface area contributed by atoms with E-state index < -0.39 is 11.7 Å². The maximum absolute atomic E-state index is 12.9. The highest BCUT2D eigenvalue weighted by Gasteiger charge is 2.30. The molecule has 1 aliphatic rings. The summed E-state index contributed by atoms with van der Waals surface area (Å²) in [5.41, 5.74) is 0.225. The summed E-state index contributed by atoms with van der Waals surface area (Å²) in [4.78, 5) is 16.5. The Bertz CT molecular complexity index is 1160. The van der Waals surface area contributed by atoms with E-state index in [-0.39, 0.29) is 18.3 Å². The molecule has 0 spiro atoms. The van der Waals surface area contributed by atoms with Gasteiger partial charge in [-0.2, -0.15) is 18.3 Å². The molecular formula is C23H21Cl2F3N4O2. The first-order chi connectivity index (χ1) is 16.2. The molecule has 180 valence electrons. The van der Waals surface area contributed by atoms with E-state index in [1.807, 2.05) is 4.90 Å². The maximum Gasteiger partial charge on any atom is 0.416 e. The topological polar surface area (TPSA) is 50.6 Å². The fourth-order valence-electron chi connectivity index (χ4n) is 3.65. The number of rotatable bonds is 6. The second kappa shape index (κ2) is 10.2. The van der Waals surface area contributed by atoms with Crippen molar-refractivity contribution < 1.29 is 22.7 Å². The Kier molecular flexibility index (Phi) is 7.35. The van der Waals surface area contributed by atoms with Gasteiger partial charge in [-0.15, -0.1) is 0 Å². The van der Waals surface area contributed by atoms with E-state index in [0.29, 0.717) is 54.1 Å². The third-order valence-corrected chi connectivity index (χ3v) is 5.96. The van der Waals surface area contributed by atoms with E-state index in [9.17, 15) is 18.0 Å². The quantitative estimate of drug-likeness (QED) is 0.455. The summed E-state index contributed by atoms with van der Waals surface area (Å²) in [6.07, 6.45) is -2.72. The second-order valence-electron chi connectivity index (χ2n) is 7.86. The molecule has 3 aromatic rings. The number of halogens is 5. The minimum atomic E-state index is -4.36. The molecule has 0 unspecified atom stereocenters. The lowest BCUT2D eigenvalue weighted by Gasteiger charge is -2.34. The van der Waals surface area contributed by atoms with Gasteiger partial charge in [0.05, 0.1) is 10.6 Å². The van der Waals surface area contributed by atoms with Crippen LogP contribution in [0.25, 0.3) is 0 Å². The molecule has 6 nitrogen and oxygen atoms in total. The zero-order valence-corrected chi connectivity index (χ0v) is 19.4. The van der Waals surface area contributed by atoms with Crippen molar-refractivity contribution in [2.75, 3.05) is 26.2 Å². The Morgan fingerprint density at radius 3 is 2.50 bits per heavy atom. The molecule has 1 saturated heterocycles. The molecule has 1 aromatic heterocycles. The number of carbonyl (C=O) groups is 1. The SMILES string of the molecule is O=C(c1ccn(COc2ccc(Cl)cc2Cl)n1)N1CCN(Cc2cccc(C(F)(F)F)c2)CC1. The number of amides is 1. The van der Waals surface area contributed by atoms with Crippen LogP contribution in [0.4, 0.5) is 13.2 Å². The number of hydrogen-bond donors (Lipinski definition) is 0. The fourth-order valence-corrected chi connectivity index (χ4v) is 4.11. The van der Waals surface area contributed by atoms with E-state index in [4.69, 9.17) is 27.9 Å².